The lowest BCUT2D eigenvalue weighted by Gasteiger charge is -2.11. The van der Waals surface area contributed by atoms with Gasteiger partial charge >= 0.3 is 0 Å². The smallest absolute Gasteiger partial charge is 0.269 e. The number of hydrogen-bond donors (Lipinski definition) is 1. The Balaban J connectivity index is 1.53. The quantitative estimate of drug-likeness (QED) is 0.0930. The fraction of sp³-hybridized carbons (Fsp3) is 0.0909. The fourth-order valence-electron chi connectivity index (χ4n) is 2.55. The molecule has 0 aliphatic carbocycles. The van der Waals surface area contributed by atoms with E-state index in [0.29, 0.717) is 11.6 Å². The number of ether oxygens (including phenoxy) is 1. The lowest BCUT2D eigenvalue weighted by molar-refractivity contribution is -0.384. The van der Waals surface area contributed by atoms with Gasteiger partial charge in [0, 0.05) is 22.1 Å². The minimum absolute atomic E-state index is 0.0437. The Kier molecular flexibility index (Phi) is 9.77. The van der Waals surface area contributed by atoms with Crippen LogP contribution in [0.3, 0.4) is 0 Å². The van der Waals surface area contributed by atoms with E-state index in [9.17, 15) is 14.9 Å². The largest absolute Gasteiger partial charge is 0.487 e. The number of halogens is 3. The van der Waals surface area contributed by atoms with Crippen molar-refractivity contribution in [2.45, 2.75) is 11.5 Å². The normalized spacial score (nSPS) is 10.9. The number of hydrazone groups is 1. The van der Waals surface area contributed by atoms with Crippen LogP contribution in [0.2, 0.25) is 5.02 Å². The van der Waals surface area contributed by atoms with Gasteiger partial charge in [0.1, 0.15) is 12.4 Å². The molecule has 1 N–H and O–H groups in total. The SMILES string of the molecule is O=C(CSc1ccc(Cl)cc1)N/N=C\c1cc(I)c(OCc2ccc([N+](=O)[O-])cc2)c(I)c1. The first kappa shape index (κ1) is 25.7. The first-order valence-electron chi connectivity index (χ1n) is 9.37. The van der Waals surface area contributed by atoms with E-state index in [2.05, 4.69) is 55.7 Å². The van der Waals surface area contributed by atoms with Crippen LogP contribution >= 0.6 is 68.5 Å². The molecular weight excluding hydrogens is 692 g/mol. The molecule has 0 saturated carbocycles. The monoisotopic (exact) mass is 707 g/mol. The third kappa shape index (κ3) is 8.12. The minimum Gasteiger partial charge on any atom is -0.487 e. The number of nitro groups is 1. The summed E-state index contributed by atoms with van der Waals surface area (Å²) < 4.78 is 7.69. The summed E-state index contributed by atoms with van der Waals surface area (Å²) in [6.45, 7) is 0.290. The maximum Gasteiger partial charge on any atom is 0.269 e. The number of hydrogen-bond acceptors (Lipinski definition) is 6. The van der Waals surface area contributed by atoms with Crippen LogP contribution in [0, 0.1) is 17.3 Å². The Morgan fingerprint density at radius 3 is 2.36 bits per heavy atom. The summed E-state index contributed by atoms with van der Waals surface area (Å²) in [5.41, 5.74) is 4.22. The van der Waals surface area contributed by atoms with Crippen molar-refractivity contribution in [1.29, 1.82) is 0 Å². The molecule has 0 aliphatic rings. The Morgan fingerprint density at radius 1 is 1.12 bits per heavy atom. The van der Waals surface area contributed by atoms with E-state index in [1.165, 1.54) is 23.9 Å². The van der Waals surface area contributed by atoms with E-state index in [1.54, 1.807) is 30.5 Å². The number of nitro benzene ring substituents is 1. The third-order valence-electron chi connectivity index (χ3n) is 4.14. The van der Waals surface area contributed by atoms with Crippen LogP contribution < -0.4 is 10.2 Å². The second kappa shape index (κ2) is 12.5. The van der Waals surface area contributed by atoms with Gasteiger partial charge in [-0.2, -0.15) is 5.10 Å². The zero-order valence-corrected chi connectivity index (χ0v) is 22.7. The highest BCUT2D eigenvalue weighted by molar-refractivity contribution is 14.1. The zero-order chi connectivity index (χ0) is 23.8. The molecular formula is C22H16ClI2N3O4S. The summed E-state index contributed by atoms with van der Waals surface area (Å²) in [6, 6.07) is 17.3. The van der Waals surface area contributed by atoms with Crippen molar-refractivity contribution in [3.63, 3.8) is 0 Å². The number of thioether (sulfide) groups is 1. The molecule has 0 saturated heterocycles. The van der Waals surface area contributed by atoms with Crippen molar-refractivity contribution >= 4 is 86.4 Å². The van der Waals surface area contributed by atoms with Crippen LogP contribution in [0.15, 0.2) is 70.7 Å². The van der Waals surface area contributed by atoms with E-state index >= 15 is 0 Å². The average Bonchev–Trinajstić information content (AvgIpc) is 2.78. The highest BCUT2D eigenvalue weighted by atomic mass is 127. The lowest BCUT2D eigenvalue weighted by Crippen LogP contribution is -2.19. The maximum absolute atomic E-state index is 12.0. The molecule has 11 heteroatoms. The predicted molar refractivity (Wildman–Crippen MR) is 147 cm³/mol. The predicted octanol–water partition coefficient (Wildman–Crippen LogP) is 6.28. The molecule has 1 amide bonds. The standard InChI is InChI=1S/C22H16ClI2N3O4S/c23-16-3-7-18(8-4-16)33-13-21(29)27-26-11-15-9-19(24)22(20(25)10-15)32-12-14-1-5-17(6-2-14)28(30)31/h1-11H,12-13H2,(H,27,29)/b26-11-. The van der Waals surface area contributed by atoms with E-state index in [-0.39, 0.29) is 17.3 Å². The van der Waals surface area contributed by atoms with Crippen molar-refractivity contribution in [1.82, 2.24) is 5.43 Å². The molecule has 3 aromatic carbocycles. The molecule has 0 aromatic heterocycles. The third-order valence-corrected chi connectivity index (χ3v) is 7.00. The van der Waals surface area contributed by atoms with E-state index in [1.807, 2.05) is 24.3 Å². The Hall–Kier alpha value is -1.90. The number of non-ortho nitro benzene ring substituents is 1. The van der Waals surface area contributed by atoms with Crippen molar-refractivity contribution in [3.8, 4) is 5.75 Å². The number of nitrogens with one attached hydrogen (secondary N) is 1. The Bertz CT molecular complexity index is 1150. The molecule has 0 aliphatic heterocycles. The first-order valence-corrected chi connectivity index (χ1v) is 12.9. The van der Waals surface area contributed by atoms with Crippen LogP contribution in [0.4, 0.5) is 5.69 Å². The highest BCUT2D eigenvalue weighted by Crippen LogP contribution is 2.29. The zero-order valence-electron chi connectivity index (χ0n) is 16.8. The number of nitrogens with zero attached hydrogens (tertiary/aromatic N) is 2. The minimum atomic E-state index is -0.433. The van der Waals surface area contributed by atoms with Crippen molar-refractivity contribution in [3.05, 3.63) is 94.1 Å². The van der Waals surface area contributed by atoms with Gasteiger partial charge in [0.25, 0.3) is 5.69 Å². The summed E-state index contributed by atoms with van der Waals surface area (Å²) >= 11 is 11.6. The number of rotatable bonds is 9. The first-order chi connectivity index (χ1) is 15.8. The molecule has 0 fully saturated rings. The molecule has 3 aromatic rings. The molecule has 3 rings (SSSR count). The number of carbonyl (C=O) groups excluding carboxylic acids is 1. The Morgan fingerprint density at radius 2 is 1.76 bits per heavy atom. The van der Waals surface area contributed by atoms with E-state index in [0.717, 1.165) is 28.9 Å². The van der Waals surface area contributed by atoms with Gasteiger partial charge in [-0.3, -0.25) is 14.9 Å². The van der Waals surface area contributed by atoms with Crippen molar-refractivity contribution in [2.24, 2.45) is 5.10 Å². The van der Waals surface area contributed by atoms with Gasteiger partial charge in [-0.1, -0.05) is 11.6 Å². The van der Waals surface area contributed by atoms with Crippen LogP contribution in [0.25, 0.3) is 0 Å². The average molecular weight is 708 g/mol. The summed E-state index contributed by atoms with van der Waals surface area (Å²) in [6.07, 6.45) is 1.58. The molecule has 33 heavy (non-hydrogen) atoms. The molecule has 0 atom stereocenters. The van der Waals surface area contributed by atoms with Crippen LogP contribution in [0.5, 0.6) is 5.75 Å². The number of benzene rings is 3. The van der Waals surface area contributed by atoms with Gasteiger partial charge in [-0.25, -0.2) is 5.43 Å². The summed E-state index contributed by atoms with van der Waals surface area (Å²) in [7, 11) is 0. The molecule has 0 radical (unpaired) electrons. The van der Waals surface area contributed by atoms with Crippen molar-refractivity contribution in [2.75, 3.05) is 5.75 Å². The Labute approximate surface area is 226 Å². The summed E-state index contributed by atoms with van der Waals surface area (Å²) in [5.74, 6) is 0.748. The second-order valence-corrected chi connectivity index (χ2v) is 10.4. The van der Waals surface area contributed by atoms with Gasteiger partial charge < -0.3 is 4.74 Å². The lowest BCUT2D eigenvalue weighted by atomic mass is 10.2. The van der Waals surface area contributed by atoms with Crippen LogP contribution in [-0.2, 0) is 11.4 Å². The number of amides is 1. The van der Waals surface area contributed by atoms with Gasteiger partial charge in [0.15, 0.2) is 0 Å². The molecule has 0 bridgehead atoms. The molecule has 0 spiro atoms. The van der Waals surface area contributed by atoms with Crippen LogP contribution in [0.1, 0.15) is 11.1 Å². The molecule has 0 unspecified atom stereocenters. The van der Waals surface area contributed by atoms with Gasteiger partial charge in [0.2, 0.25) is 5.91 Å². The van der Waals surface area contributed by atoms with E-state index in [4.69, 9.17) is 16.3 Å². The topological polar surface area (TPSA) is 93.8 Å². The number of carbonyl (C=O) groups is 1. The van der Waals surface area contributed by atoms with E-state index < -0.39 is 4.92 Å². The maximum atomic E-state index is 12.0. The van der Waals surface area contributed by atoms with Crippen molar-refractivity contribution < 1.29 is 14.5 Å². The molecule has 7 nitrogen and oxygen atoms in total. The molecule has 0 heterocycles. The van der Waals surface area contributed by atoms with Gasteiger partial charge in [-0.15, -0.1) is 11.8 Å². The van der Waals surface area contributed by atoms with Gasteiger partial charge in [0.05, 0.1) is 24.0 Å². The second-order valence-electron chi connectivity index (χ2n) is 6.56. The fourth-order valence-corrected chi connectivity index (χ4v) is 5.50. The summed E-state index contributed by atoms with van der Waals surface area (Å²) in [5, 5.41) is 15.4. The van der Waals surface area contributed by atoms with Gasteiger partial charge in [-0.05, 0) is 105 Å². The highest BCUT2D eigenvalue weighted by Gasteiger charge is 2.10. The van der Waals surface area contributed by atoms with Crippen LogP contribution in [-0.4, -0.2) is 22.8 Å². The summed E-state index contributed by atoms with van der Waals surface area (Å²) in [4.78, 5) is 23.3. The molecule has 170 valence electrons.